The molecule has 0 saturated heterocycles. The summed E-state index contributed by atoms with van der Waals surface area (Å²) in [4.78, 5) is 4.30. The molecule has 0 heterocycles. The largest absolute Gasteiger partial charge is 0.493 e. The van der Waals surface area contributed by atoms with Gasteiger partial charge in [0.05, 0.1) is 21.3 Å². The molecule has 27 heavy (non-hydrogen) atoms. The third kappa shape index (κ3) is 9.25. The first-order valence-corrected chi connectivity index (χ1v) is 8.26. The number of benzene rings is 1. The Labute approximate surface area is 174 Å². The third-order valence-corrected chi connectivity index (χ3v) is 3.41. The van der Waals surface area contributed by atoms with E-state index in [0.717, 1.165) is 0 Å². The van der Waals surface area contributed by atoms with E-state index in [1.54, 1.807) is 12.1 Å². The number of hydrogen-bond donors (Lipinski definition) is 2. The molecule has 0 aliphatic heterocycles. The number of aliphatic imine (C=N–C) groups is 1. The summed E-state index contributed by atoms with van der Waals surface area (Å²) in [5.74, 6) is 1.90. The predicted molar refractivity (Wildman–Crippen MR) is 111 cm³/mol. The molecule has 0 bridgehead atoms. The van der Waals surface area contributed by atoms with E-state index >= 15 is 0 Å². The van der Waals surface area contributed by atoms with Crippen LogP contribution in [-0.4, -0.2) is 46.6 Å². The Morgan fingerprint density at radius 2 is 1.63 bits per heavy atom. The SMILES string of the molecule is CCNC(=NCCCCC(F)(F)F)Nc1cc(OC)c(OC)c(OC)c1.I. The lowest BCUT2D eigenvalue weighted by molar-refractivity contribution is -0.135. The van der Waals surface area contributed by atoms with Gasteiger partial charge >= 0.3 is 6.18 Å². The number of ether oxygens (including phenoxy) is 3. The quantitative estimate of drug-likeness (QED) is 0.225. The first-order valence-electron chi connectivity index (χ1n) is 8.26. The van der Waals surface area contributed by atoms with Gasteiger partial charge in [0, 0.05) is 37.3 Å². The van der Waals surface area contributed by atoms with E-state index in [1.807, 2.05) is 6.92 Å². The van der Waals surface area contributed by atoms with Crippen molar-refractivity contribution in [2.75, 3.05) is 39.7 Å². The number of nitrogens with zero attached hydrogens (tertiary/aromatic N) is 1. The van der Waals surface area contributed by atoms with Crippen molar-refractivity contribution in [3.63, 3.8) is 0 Å². The zero-order valence-electron chi connectivity index (χ0n) is 15.9. The first kappa shape index (κ1) is 25.4. The van der Waals surface area contributed by atoms with Crippen LogP contribution in [0.5, 0.6) is 17.2 Å². The number of guanidine groups is 1. The molecule has 10 heteroatoms. The lowest BCUT2D eigenvalue weighted by atomic mass is 10.2. The molecule has 0 aliphatic carbocycles. The maximum Gasteiger partial charge on any atom is 0.389 e. The Morgan fingerprint density at radius 3 is 2.07 bits per heavy atom. The van der Waals surface area contributed by atoms with E-state index in [0.29, 0.717) is 41.9 Å². The van der Waals surface area contributed by atoms with Crippen molar-refractivity contribution in [1.29, 1.82) is 0 Å². The molecule has 0 radical (unpaired) electrons. The van der Waals surface area contributed by atoms with E-state index in [1.165, 1.54) is 21.3 Å². The second-order valence-electron chi connectivity index (χ2n) is 5.37. The third-order valence-electron chi connectivity index (χ3n) is 3.41. The molecular formula is C17H27F3IN3O3. The number of rotatable bonds is 9. The number of methoxy groups -OCH3 is 3. The second-order valence-corrected chi connectivity index (χ2v) is 5.37. The van der Waals surface area contributed by atoms with Crippen molar-refractivity contribution in [3.05, 3.63) is 12.1 Å². The van der Waals surface area contributed by atoms with Crippen molar-refractivity contribution >= 4 is 35.6 Å². The fourth-order valence-electron chi connectivity index (χ4n) is 2.23. The number of alkyl halides is 3. The summed E-state index contributed by atoms with van der Waals surface area (Å²) in [6.45, 7) is 2.80. The normalized spacial score (nSPS) is 11.4. The summed E-state index contributed by atoms with van der Waals surface area (Å²) in [7, 11) is 4.54. The zero-order valence-corrected chi connectivity index (χ0v) is 18.2. The van der Waals surface area contributed by atoms with Gasteiger partial charge < -0.3 is 24.8 Å². The smallest absolute Gasteiger partial charge is 0.389 e. The monoisotopic (exact) mass is 505 g/mol. The molecule has 0 unspecified atom stereocenters. The van der Waals surface area contributed by atoms with Gasteiger partial charge in [-0.2, -0.15) is 13.2 Å². The zero-order chi connectivity index (χ0) is 19.6. The summed E-state index contributed by atoms with van der Waals surface area (Å²) in [6, 6.07) is 3.44. The van der Waals surface area contributed by atoms with Crippen LogP contribution in [0.1, 0.15) is 26.2 Å². The molecule has 2 N–H and O–H groups in total. The van der Waals surface area contributed by atoms with Gasteiger partial charge in [-0.25, -0.2) is 0 Å². The summed E-state index contributed by atoms with van der Waals surface area (Å²) >= 11 is 0. The van der Waals surface area contributed by atoms with E-state index in [2.05, 4.69) is 15.6 Å². The molecule has 1 rings (SSSR count). The number of hydrogen-bond acceptors (Lipinski definition) is 4. The topological polar surface area (TPSA) is 64.1 Å². The standard InChI is InChI=1S/C17H26F3N3O3.HI/c1-5-21-16(22-9-7-6-8-17(18,19)20)23-12-10-13(24-2)15(26-4)14(11-12)25-3;/h10-11H,5-9H2,1-4H3,(H2,21,22,23);1H. The molecule has 0 spiro atoms. The first-order chi connectivity index (χ1) is 12.3. The molecule has 1 aromatic carbocycles. The van der Waals surface area contributed by atoms with E-state index in [-0.39, 0.29) is 36.9 Å². The minimum Gasteiger partial charge on any atom is -0.493 e. The average molecular weight is 505 g/mol. The van der Waals surface area contributed by atoms with Crippen LogP contribution >= 0.6 is 24.0 Å². The molecule has 0 saturated carbocycles. The van der Waals surface area contributed by atoms with Gasteiger partial charge in [-0.1, -0.05) is 0 Å². The number of halogens is 4. The summed E-state index contributed by atoms with van der Waals surface area (Å²) in [5.41, 5.74) is 0.648. The van der Waals surface area contributed by atoms with Crippen molar-refractivity contribution < 1.29 is 27.4 Å². The van der Waals surface area contributed by atoms with Crippen LogP contribution < -0.4 is 24.8 Å². The Balaban J connectivity index is 0.00000676. The van der Waals surface area contributed by atoms with Gasteiger partial charge in [-0.05, 0) is 19.8 Å². The highest BCUT2D eigenvalue weighted by Gasteiger charge is 2.25. The molecule has 0 fully saturated rings. The number of nitrogens with one attached hydrogen (secondary N) is 2. The van der Waals surface area contributed by atoms with Crippen molar-refractivity contribution in [3.8, 4) is 17.2 Å². The van der Waals surface area contributed by atoms with Crippen LogP contribution in [-0.2, 0) is 0 Å². The van der Waals surface area contributed by atoms with Crippen LogP contribution in [0, 0.1) is 0 Å². The van der Waals surface area contributed by atoms with Crippen LogP contribution in [0.2, 0.25) is 0 Å². The van der Waals surface area contributed by atoms with Crippen molar-refractivity contribution in [2.45, 2.75) is 32.4 Å². The second kappa shape index (κ2) is 12.7. The molecule has 156 valence electrons. The van der Waals surface area contributed by atoms with Crippen molar-refractivity contribution in [2.24, 2.45) is 4.99 Å². The highest BCUT2D eigenvalue weighted by Crippen LogP contribution is 2.39. The van der Waals surface area contributed by atoms with Gasteiger partial charge in [-0.3, -0.25) is 4.99 Å². The minimum atomic E-state index is -4.12. The lowest BCUT2D eigenvalue weighted by Gasteiger charge is -2.16. The Bertz CT molecular complexity index is 574. The summed E-state index contributed by atoms with van der Waals surface area (Å²) < 4.78 is 52.3. The van der Waals surface area contributed by atoms with Gasteiger partial charge in [0.15, 0.2) is 17.5 Å². The Kier molecular flexibility index (Phi) is 12.0. The van der Waals surface area contributed by atoms with E-state index in [4.69, 9.17) is 14.2 Å². The summed E-state index contributed by atoms with van der Waals surface area (Å²) in [5, 5.41) is 6.13. The Hall–Kier alpha value is -1.59. The van der Waals surface area contributed by atoms with Gasteiger partial charge in [-0.15, -0.1) is 24.0 Å². The predicted octanol–water partition coefficient (Wildman–Crippen LogP) is 4.44. The van der Waals surface area contributed by atoms with Crippen LogP contribution in [0.4, 0.5) is 18.9 Å². The lowest BCUT2D eigenvalue weighted by Crippen LogP contribution is -2.30. The highest BCUT2D eigenvalue weighted by molar-refractivity contribution is 14.0. The van der Waals surface area contributed by atoms with Gasteiger partial charge in [0.25, 0.3) is 0 Å². The molecule has 6 nitrogen and oxygen atoms in total. The maximum absolute atomic E-state index is 12.2. The highest BCUT2D eigenvalue weighted by atomic mass is 127. The van der Waals surface area contributed by atoms with Crippen LogP contribution in [0.25, 0.3) is 0 Å². The molecule has 0 aromatic heterocycles. The molecular weight excluding hydrogens is 478 g/mol. The average Bonchev–Trinajstić information content (AvgIpc) is 2.59. The van der Waals surface area contributed by atoms with Gasteiger partial charge in [0.2, 0.25) is 5.75 Å². The number of unbranched alkanes of at least 4 members (excludes halogenated alkanes) is 1. The maximum atomic E-state index is 12.2. The van der Waals surface area contributed by atoms with Crippen LogP contribution in [0.3, 0.4) is 0 Å². The van der Waals surface area contributed by atoms with Gasteiger partial charge in [0.1, 0.15) is 0 Å². The van der Waals surface area contributed by atoms with Crippen LogP contribution in [0.15, 0.2) is 17.1 Å². The van der Waals surface area contributed by atoms with Crippen molar-refractivity contribution in [1.82, 2.24) is 5.32 Å². The number of anilines is 1. The fourth-order valence-corrected chi connectivity index (χ4v) is 2.23. The molecule has 0 amide bonds. The molecule has 0 aliphatic rings. The fraction of sp³-hybridized carbons (Fsp3) is 0.588. The molecule has 0 atom stereocenters. The minimum absolute atomic E-state index is 0. The summed E-state index contributed by atoms with van der Waals surface area (Å²) in [6.07, 6.45) is -4.51. The van der Waals surface area contributed by atoms with E-state index < -0.39 is 12.6 Å². The van der Waals surface area contributed by atoms with E-state index in [9.17, 15) is 13.2 Å². The molecule has 1 aromatic rings. The Morgan fingerprint density at radius 1 is 1.04 bits per heavy atom.